The van der Waals surface area contributed by atoms with Gasteiger partial charge in [-0.15, -0.1) is 0 Å². The zero-order valence-corrected chi connectivity index (χ0v) is 11.9. The van der Waals surface area contributed by atoms with Crippen LogP contribution in [-0.4, -0.2) is 27.6 Å². The Morgan fingerprint density at radius 2 is 1.86 bits per heavy atom. The van der Waals surface area contributed by atoms with E-state index in [1.54, 1.807) is 10.9 Å². The third-order valence-electron chi connectivity index (χ3n) is 4.73. The molecule has 0 amide bonds. The lowest BCUT2D eigenvalue weighted by atomic mass is 9.87. The van der Waals surface area contributed by atoms with Crippen molar-refractivity contribution in [3.63, 3.8) is 0 Å². The minimum atomic E-state index is 0.164. The Balaban J connectivity index is 1.54. The quantitative estimate of drug-likeness (QED) is 0.880. The van der Waals surface area contributed by atoms with Gasteiger partial charge in [0.2, 0.25) is 0 Å². The number of Topliss-reactive ketones (excluding diaryl/α,β-unsaturated/α-hetero) is 1. The summed E-state index contributed by atoms with van der Waals surface area (Å²) in [5, 5.41) is 7.92. The van der Waals surface area contributed by atoms with E-state index in [0.717, 1.165) is 24.1 Å². The summed E-state index contributed by atoms with van der Waals surface area (Å²) in [5.41, 5.74) is 1.73. The van der Waals surface area contributed by atoms with Crippen molar-refractivity contribution in [3.8, 4) is 5.69 Å². The van der Waals surface area contributed by atoms with E-state index >= 15 is 0 Å². The first-order chi connectivity index (χ1) is 10.3. The molecule has 0 radical (unpaired) electrons. The normalized spacial score (nSPS) is 27.7. The molecule has 2 unspecified atom stereocenters. The number of piperidine rings is 1. The van der Waals surface area contributed by atoms with Crippen LogP contribution in [0.15, 0.2) is 42.7 Å². The Hall–Kier alpha value is -1.94. The number of nitrogens with zero attached hydrogens (tertiary/aromatic N) is 2. The van der Waals surface area contributed by atoms with Crippen LogP contribution in [0.25, 0.3) is 5.69 Å². The number of ketones is 1. The highest BCUT2D eigenvalue weighted by Gasteiger charge is 2.37. The van der Waals surface area contributed by atoms with Gasteiger partial charge in [-0.1, -0.05) is 18.2 Å². The van der Waals surface area contributed by atoms with Crippen LogP contribution in [0.4, 0.5) is 0 Å². The average Bonchev–Trinajstić information content (AvgIpc) is 3.14. The van der Waals surface area contributed by atoms with Crippen molar-refractivity contribution in [3.05, 3.63) is 48.3 Å². The van der Waals surface area contributed by atoms with Crippen LogP contribution in [0.1, 0.15) is 36.0 Å². The van der Waals surface area contributed by atoms with Crippen molar-refractivity contribution < 1.29 is 4.79 Å². The lowest BCUT2D eigenvalue weighted by Gasteiger charge is -2.27. The highest BCUT2D eigenvalue weighted by molar-refractivity contribution is 5.97. The van der Waals surface area contributed by atoms with Crippen molar-refractivity contribution >= 4 is 5.78 Å². The van der Waals surface area contributed by atoms with Crippen LogP contribution in [0.2, 0.25) is 0 Å². The Morgan fingerprint density at radius 3 is 2.57 bits per heavy atom. The van der Waals surface area contributed by atoms with Gasteiger partial charge in [-0.3, -0.25) is 4.79 Å². The molecule has 2 saturated heterocycles. The maximum atomic E-state index is 12.7. The molecule has 4 nitrogen and oxygen atoms in total. The van der Waals surface area contributed by atoms with Gasteiger partial charge in [0.15, 0.2) is 5.78 Å². The third kappa shape index (κ3) is 2.40. The molecule has 2 aromatic rings. The summed E-state index contributed by atoms with van der Waals surface area (Å²) in [6.07, 6.45) is 7.97. The van der Waals surface area contributed by atoms with Crippen LogP contribution in [0.3, 0.4) is 0 Å². The smallest absolute Gasteiger partial charge is 0.169 e. The molecule has 2 fully saturated rings. The monoisotopic (exact) mass is 281 g/mol. The Bertz CT molecular complexity index is 637. The molecule has 108 valence electrons. The van der Waals surface area contributed by atoms with Crippen molar-refractivity contribution in [1.29, 1.82) is 0 Å². The zero-order chi connectivity index (χ0) is 14.2. The van der Waals surface area contributed by atoms with E-state index in [-0.39, 0.29) is 11.7 Å². The van der Waals surface area contributed by atoms with Crippen LogP contribution in [-0.2, 0) is 0 Å². The number of carbonyl (C=O) groups excluding carboxylic acids is 1. The number of para-hydroxylation sites is 1. The lowest BCUT2D eigenvalue weighted by molar-refractivity contribution is 0.0875. The molecule has 3 heterocycles. The summed E-state index contributed by atoms with van der Waals surface area (Å²) in [6, 6.07) is 11.0. The molecule has 2 bridgehead atoms. The highest BCUT2D eigenvalue weighted by atomic mass is 16.1. The van der Waals surface area contributed by atoms with Gasteiger partial charge in [0.05, 0.1) is 17.4 Å². The first kappa shape index (κ1) is 12.8. The van der Waals surface area contributed by atoms with Crippen molar-refractivity contribution in [2.75, 3.05) is 0 Å². The Labute approximate surface area is 124 Å². The molecule has 2 atom stereocenters. The van der Waals surface area contributed by atoms with Gasteiger partial charge >= 0.3 is 0 Å². The van der Waals surface area contributed by atoms with E-state index in [0.29, 0.717) is 12.1 Å². The maximum absolute atomic E-state index is 12.7. The number of fused-ring (bicyclic) bond motifs is 2. The minimum absolute atomic E-state index is 0.164. The van der Waals surface area contributed by atoms with Gasteiger partial charge in [-0.05, 0) is 37.8 Å². The highest BCUT2D eigenvalue weighted by Crippen LogP contribution is 2.32. The molecule has 4 rings (SSSR count). The second-order valence-corrected chi connectivity index (χ2v) is 6.18. The molecule has 21 heavy (non-hydrogen) atoms. The van der Waals surface area contributed by atoms with E-state index in [1.165, 1.54) is 12.8 Å². The number of rotatable bonds is 3. The third-order valence-corrected chi connectivity index (χ3v) is 4.73. The summed E-state index contributed by atoms with van der Waals surface area (Å²) in [5.74, 6) is 0.424. The van der Waals surface area contributed by atoms with Crippen molar-refractivity contribution in [2.45, 2.75) is 37.8 Å². The van der Waals surface area contributed by atoms with E-state index in [9.17, 15) is 4.79 Å². The standard InChI is InChI=1S/C17H19N3O/c21-17(12-8-14-6-7-15(9-12)19-14)13-10-18-20(11-13)16-4-2-1-3-5-16/h1-5,10-12,14-15,19H,6-9H2. The SMILES string of the molecule is O=C(c1cnn(-c2ccccc2)c1)C1CC2CCC(C1)N2. The largest absolute Gasteiger partial charge is 0.311 e. The van der Waals surface area contributed by atoms with Crippen molar-refractivity contribution in [1.82, 2.24) is 15.1 Å². The molecule has 2 aliphatic rings. The fourth-order valence-corrected chi connectivity index (χ4v) is 3.68. The maximum Gasteiger partial charge on any atom is 0.169 e. The molecule has 0 saturated carbocycles. The molecule has 1 aromatic heterocycles. The second-order valence-electron chi connectivity index (χ2n) is 6.18. The number of hydrogen-bond donors (Lipinski definition) is 1. The predicted molar refractivity (Wildman–Crippen MR) is 80.6 cm³/mol. The summed E-state index contributed by atoms with van der Waals surface area (Å²) >= 11 is 0. The number of carbonyl (C=O) groups is 1. The summed E-state index contributed by atoms with van der Waals surface area (Å²) in [6.45, 7) is 0. The molecule has 0 aliphatic carbocycles. The van der Waals surface area contributed by atoms with Crippen LogP contribution >= 0.6 is 0 Å². The minimum Gasteiger partial charge on any atom is -0.311 e. The van der Waals surface area contributed by atoms with E-state index in [1.807, 2.05) is 36.5 Å². The predicted octanol–water partition coefficient (Wildman–Crippen LogP) is 2.59. The molecule has 4 heteroatoms. The second kappa shape index (κ2) is 5.11. The van der Waals surface area contributed by atoms with Gasteiger partial charge < -0.3 is 5.32 Å². The first-order valence-electron chi connectivity index (χ1n) is 7.70. The van der Waals surface area contributed by atoms with E-state index in [2.05, 4.69) is 10.4 Å². The fraction of sp³-hybridized carbons (Fsp3) is 0.412. The molecular formula is C17H19N3O. The Morgan fingerprint density at radius 1 is 1.14 bits per heavy atom. The van der Waals surface area contributed by atoms with Gasteiger partial charge in [-0.25, -0.2) is 4.68 Å². The molecule has 1 aromatic carbocycles. The van der Waals surface area contributed by atoms with Gasteiger partial charge in [0.25, 0.3) is 0 Å². The zero-order valence-electron chi connectivity index (χ0n) is 11.9. The summed E-state index contributed by atoms with van der Waals surface area (Å²) in [7, 11) is 0. The van der Waals surface area contributed by atoms with Crippen molar-refractivity contribution in [2.24, 2.45) is 5.92 Å². The number of aromatic nitrogens is 2. The topological polar surface area (TPSA) is 46.9 Å². The first-order valence-corrected chi connectivity index (χ1v) is 7.70. The van der Waals surface area contributed by atoms with Gasteiger partial charge in [-0.2, -0.15) is 5.10 Å². The number of hydrogen-bond acceptors (Lipinski definition) is 3. The van der Waals surface area contributed by atoms with Crippen LogP contribution < -0.4 is 5.32 Å². The van der Waals surface area contributed by atoms with Gasteiger partial charge in [0.1, 0.15) is 0 Å². The van der Waals surface area contributed by atoms with Crippen LogP contribution in [0.5, 0.6) is 0 Å². The number of benzene rings is 1. The van der Waals surface area contributed by atoms with E-state index < -0.39 is 0 Å². The average molecular weight is 281 g/mol. The summed E-state index contributed by atoms with van der Waals surface area (Å²) < 4.78 is 1.78. The van der Waals surface area contributed by atoms with Crippen LogP contribution in [0, 0.1) is 5.92 Å². The Kier molecular flexibility index (Phi) is 3.11. The number of nitrogens with one attached hydrogen (secondary N) is 1. The molecule has 0 spiro atoms. The molecule has 2 aliphatic heterocycles. The fourth-order valence-electron chi connectivity index (χ4n) is 3.68. The molecule has 1 N–H and O–H groups in total. The van der Waals surface area contributed by atoms with Gasteiger partial charge in [0, 0.05) is 24.2 Å². The lowest BCUT2D eigenvalue weighted by Crippen LogP contribution is -2.40. The summed E-state index contributed by atoms with van der Waals surface area (Å²) in [4.78, 5) is 12.7. The molecular weight excluding hydrogens is 262 g/mol. The van der Waals surface area contributed by atoms with E-state index in [4.69, 9.17) is 0 Å².